The molecule has 5 nitrogen and oxygen atoms in total. The molecule has 0 aromatic heterocycles. The van der Waals surface area contributed by atoms with E-state index in [0.717, 1.165) is 31.1 Å². The zero-order valence-electron chi connectivity index (χ0n) is 14.1. The minimum Gasteiger partial charge on any atom is -0.456 e. The lowest BCUT2D eigenvalue weighted by Gasteiger charge is -2.60. The summed E-state index contributed by atoms with van der Waals surface area (Å²) < 4.78 is 10.8. The third-order valence-corrected chi connectivity index (χ3v) is 7.28. The summed E-state index contributed by atoms with van der Waals surface area (Å²) in [5.74, 6) is 1.21. The fourth-order valence-electron chi connectivity index (χ4n) is 5.95. The Morgan fingerprint density at radius 2 is 1.79 bits per heavy atom. The number of morpholine rings is 1. The number of nitrogens with zero attached hydrogens (tertiary/aromatic N) is 1. The number of carbonyl (C=O) groups is 2. The maximum Gasteiger partial charge on any atom is 0.306 e. The molecule has 4 bridgehead atoms. The fourth-order valence-corrected chi connectivity index (χ4v) is 7.46. The van der Waals surface area contributed by atoms with Gasteiger partial charge in [0.05, 0.1) is 19.6 Å². The Labute approximate surface area is 151 Å². The molecule has 5 aliphatic rings. The van der Waals surface area contributed by atoms with Gasteiger partial charge in [0.25, 0.3) is 5.91 Å². The molecule has 134 valence electrons. The first-order valence-corrected chi connectivity index (χ1v) is 9.95. The maximum atomic E-state index is 12.4. The van der Waals surface area contributed by atoms with Crippen molar-refractivity contribution in [2.75, 3.05) is 32.9 Å². The molecule has 24 heavy (non-hydrogen) atoms. The summed E-state index contributed by atoms with van der Waals surface area (Å²) in [6.07, 6.45) is 7.72. The molecule has 0 aromatic rings. The van der Waals surface area contributed by atoms with Crippen molar-refractivity contribution in [1.29, 1.82) is 0 Å². The van der Waals surface area contributed by atoms with E-state index in [1.807, 2.05) is 0 Å². The third-order valence-electron chi connectivity index (χ3n) is 6.35. The van der Waals surface area contributed by atoms with Gasteiger partial charge in [-0.05, 0) is 55.8 Å². The monoisotopic (exact) mass is 399 g/mol. The van der Waals surface area contributed by atoms with Crippen molar-refractivity contribution in [3.63, 3.8) is 0 Å². The van der Waals surface area contributed by atoms with Crippen molar-refractivity contribution in [1.82, 2.24) is 4.90 Å². The van der Waals surface area contributed by atoms with Gasteiger partial charge in [-0.1, -0.05) is 15.9 Å². The number of carbonyl (C=O) groups excluding carboxylic acids is 2. The van der Waals surface area contributed by atoms with Crippen LogP contribution in [-0.2, 0) is 19.1 Å². The zero-order chi connectivity index (χ0) is 16.8. The highest BCUT2D eigenvalue weighted by molar-refractivity contribution is 9.10. The van der Waals surface area contributed by atoms with Crippen LogP contribution in [0.5, 0.6) is 0 Å². The van der Waals surface area contributed by atoms with Gasteiger partial charge >= 0.3 is 5.97 Å². The second kappa shape index (κ2) is 6.27. The van der Waals surface area contributed by atoms with Gasteiger partial charge < -0.3 is 14.4 Å². The van der Waals surface area contributed by atoms with Gasteiger partial charge in [-0.2, -0.15) is 0 Å². The largest absolute Gasteiger partial charge is 0.456 e. The molecule has 1 saturated heterocycles. The van der Waals surface area contributed by atoms with Gasteiger partial charge in [-0.3, -0.25) is 9.59 Å². The van der Waals surface area contributed by atoms with Gasteiger partial charge in [-0.15, -0.1) is 0 Å². The second-order valence-corrected chi connectivity index (χ2v) is 10.1. The quantitative estimate of drug-likeness (QED) is 0.538. The first-order chi connectivity index (χ1) is 11.5. The summed E-state index contributed by atoms with van der Waals surface area (Å²) in [5, 5.41) is 0. The van der Waals surface area contributed by atoms with E-state index in [0.29, 0.717) is 32.7 Å². The molecule has 6 heteroatoms. The van der Waals surface area contributed by atoms with Crippen molar-refractivity contribution in [3.05, 3.63) is 0 Å². The van der Waals surface area contributed by atoms with Gasteiger partial charge in [0.2, 0.25) is 0 Å². The summed E-state index contributed by atoms with van der Waals surface area (Å²) in [6.45, 7) is 2.20. The Balaban J connectivity index is 1.31. The Hall–Kier alpha value is -0.620. The standard InChI is InChI=1S/C18H26BrNO4/c19-18-8-13-5-14(9-18)7-17(6-13,12-18)10-16(22)24-11-15(21)20-1-3-23-4-2-20/h13-14H,1-12H2/t13-,14-,17?,18?/m1/s1. The normalized spacial score (nSPS) is 40.6. The molecule has 2 atom stereocenters. The third kappa shape index (κ3) is 3.36. The van der Waals surface area contributed by atoms with Gasteiger partial charge in [0, 0.05) is 17.4 Å². The number of alkyl halides is 1. The summed E-state index contributed by atoms with van der Waals surface area (Å²) in [4.78, 5) is 26.2. The highest BCUT2D eigenvalue weighted by atomic mass is 79.9. The first-order valence-electron chi connectivity index (χ1n) is 9.15. The average Bonchev–Trinajstić information content (AvgIpc) is 2.50. The van der Waals surface area contributed by atoms with Crippen molar-refractivity contribution in [2.24, 2.45) is 17.3 Å². The Morgan fingerprint density at radius 1 is 1.12 bits per heavy atom. The number of hydrogen-bond acceptors (Lipinski definition) is 4. The van der Waals surface area contributed by atoms with Crippen molar-refractivity contribution < 1.29 is 19.1 Å². The number of esters is 1. The molecule has 0 radical (unpaired) electrons. The van der Waals surface area contributed by atoms with Crippen LogP contribution >= 0.6 is 15.9 Å². The van der Waals surface area contributed by atoms with Crippen LogP contribution < -0.4 is 0 Å². The van der Waals surface area contributed by atoms with Crippen LogP contribution in [0.2, 0.25) is 0 Å². The molecule has 4 saturated carbocycles. The highest BCUT2D eigenvalue weighted by Crippen LogP contribution is 2.65. The summed E-state index contributed by atoms with van der Waals surface area (Å²) >= 11 is 3.97. The Bertz CT molecular complexity index is 517. The molecular weight excluding hydrogens is 374 g/mol. The van der Waals surface area contributed by atoms with Crippen LogP contribution in [0.3, 0.4) is 0 Å². The van der Waals surface area contributed by atoms with Crippen molar-refractivity contribution in [3.8, 4) is 0 Å². The van der Waals surface area contributed by atoms with E-state index < -0.39 is 0 Å². The van der Waals surface area contributed by atoms with E-state index >= 15 is 0 Å². The predicted octanol–water partition coefficient (Wildman–Crippen LogP) is 2.51. The lowest BCUT2D eigenvalue weighted by Crippen LogP contribution is -2.53. The minimum atomic E-state index is -0.199. The van der Waals surface area contributed by atoms with E-state index in [1.165, 1.54) is 19.3 Å². The summed E-state index contributed by atoms with van der Waals surface area (Å²) in [7, 11) is 0. The molecule has 0 N–H and O–H groups in total. The molecular formula is C18H26BrNO4. The van der Waals surface area contributed by atoms with Crippen LogP contribution in [-0.4, -0.2) is 54.0 Å². The lowest BCUT2D eigenvalue weighted by molar-refractivity contribution is -0.158. The smallest absolute Gasteiger partial charge is 0.306 e. The van der Waals surface area contributed by atoms with Crippen LogP contribution in [0.1, 0.15) is 44.9 Å². The van der Waals surface area contributed by atoms with Crippen LogP contribution in [0, 0.1) is 17.3 Å². The fraction of sp³-hybridized carbons (Fsp3) is 0.889. The topological polar surface area (TPSA) is 55.8 Å². The second-order valence-electron chi connectivity index (χ2n) is 8.44. The molecule has 5 fully saturated rings. The first kappa shape index (κ1) is 16.8. The van der Waals surface area contributed by atoms with Gasteiger partial charge in [0.1, 0.15) is 0 Å². The van der Waals surface area contributed by atoms with Gasteiger partial charge in [-0.25, -0.2) is 0 Å². The van der Waals surface area contributed by atoms with E-state index in [1.54, 1.807) is 4.90 Å². The van der Waals surface area contributed by atoms with E-state index in [9.17, 15) is 9.59 Å². The van der Waals surface area contributed by atoms with E-state index in [-0.39, 0.29) is 28.2 Å². The molecule has 5 rings (SSSR count). The van der Waals surface area contributed by atoms with Crippen LogP contribution in [0.15, 0.2) is 0 Å². The van der Waals surface area contributed by atoms with Crippen molar-refractivity contribution in [2.45, 2.75) is 49.3 Å². The number of amides is 1. The average molecular weight is 400 g/mol. The summed E-state index contributed by atoms with van der Waals surface area (Å²) in [5.41, 5.74) is 0.104. The Morgan fingerprint density at radius 3 is 2.42 bits per heavy atom. The predicted molar refractivity (Wildman–Crippen MR) is 91.7 cm³/mol. The number of hydrogen-bond donors (Lipinski definition) is 0. The van der Waals surface area contributed by atoms with Crippen molar-refractivity contribution >= 4 is 27.8 Å². The molecule has 1 aliphatic heterocycles. The SMILES string of the molecule is O=C(CC12C[C@H]3C[C@@H](CC(Br)(C3)C1)C2)OCC(=O)N1CCOCC1. The number of rotatable bonds is 4. The molecule has 4 aliphatic carbocycles. The molecule has 1 amide bonds. The number of ether oxygens (including phenoxy) is 2. The summed E-state index contributed by atoms with van der Waals surface area (Å²) in [6, 6.07) is 0. The highest BCUT2D eigenvalue weighted by Gasteiger charge is 2.57. The van der Waals surface area contributed by atoms with E-state index in [4.69, 9.17) is 9.47 Å². The molecule has 0 aromatic carbocycles. The van der Waals surface area contributed by atoms with Crippen LogP contribution in [0.4, 0.5) is 0 Å². The van der Waals surface area contributed by atoms with Crippen LogP contribution in [0.25, 0.3) is 0 Å². The lowest BCUT2D eigenvalue weighted by atomic mass is 9.49. The maximum absolute atomic E-state index is 12.4. The van der Waals surface area contributed by atoms with Gasteiger partial charge in [0.15, 0.2) is 6.61 Å². The minimum absolute atomic E-state index is 0.103. The zero-order valence-corrected chi connectivity index (χ0v) is 15.7. The molecule has 0 unspecified atom stereocenters. The molecule has 1 heterocycles. The number of halogens is 1. The molecule has 0 spiro atoms. The van der Waals surface area contributed by atoms with E-state index in [2.05, 4.69) is 15.9 Å². The Kier molecular flexibility index (Phi) is 4.40.